The Balaban J connectivity index is 0.969. The maximum Gasteiger partial charge on any atom is 0.179 e. The molecule has 12 aromatic carbocycles. The Morgan fingerprint density at radius 2 is 0.550 bits per heavy atom. The monoisotopic (exact) mass is 1050 g/mol. The molecule has 0 aliphatic rings. The van der Waals surface area contributed by atoms with Gasteiger partial charge in [-0.3, -0.25) is 0 Å². The van der Waals surface area contributed by atoms with Crippen molar-refractivity contribution in [1.82, 2.24) is 9.13 Å². The summed E-state index contributed by atoms with van der Waals surface area (Å²) in [6.07, 6.45) is 0. The second-order valence-electron chi connectivity index (χ2n) is 20.6. The second-order valence-corrected chi connectivity index (χ2v) is 28.2. The van der Waals surface area contributed by atoms with Crippen LogP contribution in [0.4, 0.5) is 0 Å². The number of hydrogen-bond donors (Lipinski definition) is 0. The van der Waals surface area contributed by atoms with Crippen molar-refractivity contribution in [2.45, 2.75) is 0 Å². The normalized spacial score (nSPS) is 11.7. The van der Waals surface area contributed by atoms with E-state index in [1.165, 1.54) is 41.5 Å². The van der Waals surface area contributed by atoms with E-state index >= 15 is 0 Å². The Kier molecular flexibility index (Phi) is 12.0. The predicted octanol–water partition coefficient (Wildman–Crippen LogP) is 12.0. The molecule has 0 saturated heterocycles. The Hall–Kier alpha value is -10.3. The van der Waals surface area contributed by atoms with Crippen LogP contribution in [0, 0.1) is 22.7 Å². The fourth-order valence-corrected chi connectivity index (χ4v) is 22.6. The van der Waals surface area contributed by atoms with Gasteiger partial charge >= 0.3 is 0 Å². The highest BCUT2D eigenvalue weighted by Crippen LogP contribution is 2.37. The summed E-state index contributed by atoms with van der Waals surface area (Å²) in [5.74, 6) is 0. The largest absolute Gasteiger partial charge is 0.309 e. The Morgan fingerprint density at radius 1 is 0.237 bits per heavy atom. The van der Waals surface area contributed by atoms with Crippen LogP contribution in [0.3, 0.4) is 0 Å². The van der Waals surface area contributed by atoms with E-state index in [9.17, 15) is 10.5 Å². The fourth-order valence-electron chi connectivity index (χ4n) is 13.0. The van der Waals surface area contributed by atoms with Gasteiger partial charge in [-0.25, -0.2) is 0 Å². The molecule has 0 unspecified atom stereocenters. The molecular weight excluding hydrogens is 1000 g/mol. The van der Waals surface area contributed by atoms with Crippen LogP contribution in [-0.2, 0) is 0 Å². The first-order valence-electron chi connectivity index (χ1n) is 27.1. The van der Waals surface area contributed by atoms with Crippen LogP contribution in [-0.4, -0.2) is 25.3 Å². The lowest BCUT2D eigenvalue weighted by molar-refractivity contribution is 1.17. The van der Waals surface area contributed by atoms with E-state index in [1.807, 2.05) is 24.3 Å². The molecule has 0 aliphatic heterocycles. The summed E-state index contributed by atoms with van der Waals surface area (Å²) in [6, 6.07) is 115. The summed E-state index contributed by atoms with van der Waals surface area (Å²) in [4.78, 5) is 0. The highest BCUT2D eigenvalue weighted by molar-refractivity contribution is 7.20. The lowest BCUT2D eigenvalue weighted by Crippen LogP contribution is -2.74. The van der Waals surface area contributed by atoms with Crippen LogP contribution in [0.2, 0.25) is 0 Å². The summed E-state index contributed by atoms with van der Waals surface area (Å²) >= 11 is 0. The van der Waals surface area contributed by atoms with Gasteiger partial charge in [-0.15, -0.1) is 0 Å². The molecule has 0 radical (unpaired) electrons. The number of benzene rings is 12. The molecule has 80 heavy (non-hydrogen) atoms. The number of fused-ring (bicyclic) bond motifs is 6. The first-order valence-corrected chi connectivity index (χ1v) is 31.1. The van der Waals surface area contributed by atoms with Gasteiger partial charge < -0.3 is 9.13 Å². The molecule has 0 N–H and O–H groups in total. The highest BCUT2D eigenvalue weighted by atomic mass is 28.3. The van der Waals surface area contributed by atoms with Crippen molar-refractivity contribution in [3.63, 3.8) is 0 Å². The average Bonchev–Trinajstić information content (AvgIpc) is 4.21. The van der Waals surface area contributed by atoms with Crippen molar-refractivity contribution >= 4 is 101 Å². The number of nitriles is 2. The maximum absolute atomic E-state index is 10.9. The van der Waals surface area contributed by atoms with Crippen LogP contribution >= 0.6 is 0 Å². The summed E-state index contributed by atoms with van der Waals surface area (Å²) in [5.41, 5.74) is 8.65. The SMILES string of the molecule is N#Cc1cc(-c2cc(C#N)cc(-n3c4ccccc4c4ccc([Si](c5ccccc5)(c5ccccc5)c5ccccc5)cc43)c2)cc(-n2c3ccccc3c3cc([Si](c4ccccc4)(c4ccccc4)c4ccccc4)ccc32)c1. The number of nitrogens with zero attached hydrogens (tertiary/aromatic N) is 4. The molecular formula is C74H50N4Si2. The molecule has 0 amide bonds. The molecule has 0 spiro atoms. The molecule has 6 heteroatoms. The zero-order chi connectivity index (χ0) is 53.6. The first-order chi connectivity index (χ1) is 39.6. The van der Waals surface area contributed by atoms with Gasteiger partial charge in [0.25, 0.3) is 0 Å². The van der Waals surface area contributed by atoms with E-state index in [4.69, 9.17) is 0 Å². The number of para-hydroxylation sites is 2. The zero-order valence-electron chi connectivity index (χ0n) is 43.7. The Labute approximate surface area is 467 Å². The standard InChI is InChI=1S/C74H50N4Si2/c75-51-53-43-55(47-57(45-53)77-72-38-22-20-36-68(72)70-49-65(40-42-73(70)77)79(59-23-7-1-8-24-59,60-25-9-2-10-26-60)61-27-11-3-12-28-61)56-44-54(52-76)46-58(48-56)78-71-37-21-19-35-67(71)69-41-39-66(50-74(69)78)80(62-29-13-4-14-30-62,63-31-15-5-16-32-63)64-33-17-6-18-34-64/h1-50H. The Bertz CT molecular complexity index is 4520. The quantitative estimate of drug-likeness (QED) is 0.0957. The van der Waals surface area contributed by atoms with Crippen molar-refractivity contribution in [2.24, 2.45) is 0 Å². The Morgan fingerprint density at radius 3 is 0.950 bits per heavy atom. The third-order valence-electron chi connectivity index (χ3n) is 16.4. The van der Waals surface area contributed by atoms with Gasteiger partial charge in [0.15, 0.2) is 16.1 Å². The molecule has 2 heterocycles. The van der Waals surface area contributed by atoms with Crippen LogP contribution in [0.25, 0.3) is 66.1 Å². The van der Waals surface area contributed by atoms with Crippen LogP contribution in [0.5, 0.6) is 0 Å². The van der Waals surface area contributed by atoms with Gasteiger partial charge in [0.2, 0.25) is 0 Å². The second kappa shape index (κ2) is 19.9. The third kappa shape index (κ3) is 7.69. The van der Waals surface area contributed by atoms with E-state index in [0.29, 0.717) is 11.1 Å². The van der Waals surface area contributed by atoms with Gasteiger partial charge in [0.05, 0.1) is 45.3 Å². The van der Waals surface area contributed by atoms with E-state index in [2.05, 4.69) is 300 Å². The van der Waals surface area contributed by atoms with Crippen molar-refractivity contribution in [3.8, 4) is 34.6 Å². The number of hydrogen-bond acceptors (Lipinski definition) is 2. The minimum atomic E-state index is -2.91. The lowest BCUT2D eigenvalue weighted by atomic mass is 9.99. The number of rotatable bonds is 11. The van der Waals surface area contributed by atoms with Gasteiger partial charge in [0.1, 0.15) is 0 Å². The molecule has 374 valence electrons. The van der Waals surface area contributed by atoms with Crippen LogP contribution < -0.4 is 41.5 Å². The fraction of sp³-hybridized carbons (Fsp3) is 0. The molecule has 0 saturated carbocycles. The van der Waals surface area contributed by atoms with E-state index < -0.39 is 16.1 Å². The summed E-state index contributed by atoms with van der Waals surface area (Å²) in [6.45, 7) is 0. The predicted molar refractivity (Wildman–Crippen MR) is 337 cm³/mol. The molecule has 0 bridgehead atoms. The van der Waals surface area contributed by atoms with Crippen LogP contribution in [0.15, 0.2) is 303 Å². The minimum Gasteiger partial charge on any atom is -0.309 e. The number of aromatic nitrogens is 2. The smallest absolute Gasteiger partial charge is 0.179 e. The van der Waals surface area contributed by atoms with Crippen molar-refractivity contribution in [2.75, 3.05) is 0 Å². The van der Waals surface area contributed by atoms with Gasteiger partial charge in [0, 0.05) is 32.9 Å². The molecule has 14 aromatic rings. The maximum atomic E-state index is 10.9. The van der Waals surface area contributed by atoms with Crippen molar-refractivity contribution in [1.29, 1.82) is 10.5 Å². The molecule has 0 aliphatic carbocycles. The molecule has 0 atom stereocenters. The molecule has 2 aromatic heterocycles. The van der Waals surface area contributed by atoms with E-state index in [0.717, 1.165) is 66.1 Å². The summed E-state index contributed by atoms with van der Waals surface area (Å²) < 4.78 is 4.64. The van der Waals surface area contributed by atoms with Crippen LogP contribution in [0.1, 0.15) is 11.1 Å². The third-order valence-corrected chi connectivity index (χ3v) is 25.9. The van der Waals surface area contributed by atoms with Gasteiger partial charge in [-0.1, -0.05) is 243 Å². The zero-order valence-corrected chi connectivity index (χ0v) is 45.7. The van der Waals surface area contributed by atoms with Gasteiger partial charge in [-0.05, 0) is 113 Å². The minimum absolute atomic E-state index is 0.525. The lowest BCUT2D eigenvalue weighted by Gasteiger charge is -2.34. The average molecular weight is 1050 g/mol. The van der Waals surface area contributed by atoms with E-state index in [-0.39, 0.29) is 0 Å². The van der Waals surface area contributed by atoms with Crippen molar-refractivity contribution in [3.05, 3.63) is 314 Å². The van der Waals surface area contributed by atoms with E-state index in [1.54, 1.807) is 0 Å². The van der Waals surface area contributed by atoms with Crippen molar-refractivity contribution < 1.29 is 0 Å². The molecule has 0 fully saturated rings. The molecule has 14 rings (SSSR count). The molecule has 4 nitrogen and oxygen atoms in total. The summed E-state index contributed by atoms with van der Waals surface area (Å²) in [7, 11) is -5.76. The first kappa shape index (κ1) is 48.1. The highest BCUT2D eigenvalue weighted by Gasteiger charge is 2.43. The van der Waals surface area contributed by atoms with Gasteiger partial charge in [-0.2, -0.15) is 10.5 Å². The summed E-state index contributed by atoms with van der Waals surface area (Å²) in [5, 5.41) is 36.7. The topological polar surface area (TPSA) is 57.4 Å².